The van der Waals surface area contributed by atoms with Crippen LogP contribution in [0, 0.1) is 17.0 Å². The van der Waals surface area contributed by atoms with Crippen LogP contribution in [0.2, 0.25) is 0 Å². The Morgan fingerprint density at radius 2 is 2.05 bits per heavy atom. The monoisotopic (exact) mass is 350 g/mol. The van der Waals surface area contributed by atoms with E-state index in [9.17, 15) is 10.1 Å². The van der Waals surface area contributed by atoms with Crippen LogP contribution in [0.3, 0.4) is 0 Å². The minimum absolute atomic E-state index is 0.0542. The predicted octanol–water partition coefficient (Wildman–Crippen LogP) is 4.29. The SMILES string of the molecule is COc1ccc([N+](=O)[O-])cc1CNc1cc(Br)ccc1C. The number of rotatable bonds is 5. The number of anilines is 1. The summed E-state index contributed by atoms with van der Waals surface area (Å²) in [6.07, 6.45) is 0. The first kappa shape index (κ1) is 15.3. The van der Waals surface area contributed by atoms with Gasteiger partial charge in [-0.15, -0.1) is 0 Å². The van der Waals surface area contributed by atoms with Crippen LogP contribution in [0.4, 0.5) is 11.4 Å². The molecule has 0 unspecified atom stereocenters. The van der Waals surface area contributed by atoms with Gasteiger partial charge in [-0.05, 0) is 30.7 Å². The van der Waals surface area contributed by atoms with Crippen LogP contribution in [0.15, 0.2) is 40.9 Å². The van der Waals surface area contributed by atoms with Gasteiger partial charge in [-0.2, -0.15) is 0 Å². The molecule has 0 atom stereocenters. The molecule has 0 aliphatic heterocycles. The summed E-state index contributed by atoms with van der Waals surface area (Å²) in [6, 6.07) is 10.5. The van der Waals surface area contributed by atoms with Gasteiger partial charge in [0.25, 0.3) is 5.69 Å². The van der Waals surface area contributed by atoms with Gasteiger partial charge < -0.3 is 10.1 Å². The second kappa shape index (κ2) is 6.58. The van der Waals surface area contributed by atoms with Crippen molar-refractivity contribution in [2.75, 3.05) is 12.4 Å². The van der Waals surface area contributed by atoms with E-state index in [0.717, 1.165) is 21.3 Å². The van der Waals surface area contributed by atoms with Crippen LogP contribution < -0.4 is 10.1 Å². The highest BCUT2D eigenvalue weighted by molar-refractivity contribution is 9.10. The van der Waals surface area contributed by atoms with Gasteiger partial charge in [-0.25, -0.2) is 0 Å². The molecular formula is C15H15BrN2O3. The van der Waals surface area contributed by atoms with E-state index in [1.165, 1.54) is 12.1 Å². The molecule has 2 rings (SSSR count). The highest BCUT2D eigenvalue weighted by atomic mass is 79.9. The minimum Gasteiger partial charge on any atom is -0.496 e. The maximum Gasteiger partial charge on any atom is 0.270 e. The Balaban J connectivity index is 2.24. The number of benzene rings is 2. The Hall–Kier alpha value is -2.08. The van der Waals surface area contributed by atoms with Crippen LogP contribution in [-0.4, -0.2) is 12.0 Å². The third kappa shape index (κ3) is 3.72. The van der Waals surface area contributed by atoms with Crippen molar-refractivity contribution in [1.29, 1.82) is 0 Å². The lowest BCUT2D eigenvalue weighted by atomic mass is 10.1. The smallest absolute Gasteiger partial charge is 0.270 e. The number of ether oxygens (including phenoxy) is 1. The first-order chi connectivity index (χ1) is 10.0. The molecule has 6 heteroatoms. The van der Waals surface area contributed by atoms with Gasteiger partial charge in [0.05, 0.1) is 12.0 Å². The predicted molar refractivity (Wildman–Crippen MR) is 85.9 cm³/mol. The molecule has 0 amide bonds. The van der Waals surface area contributed by atoms with Crippen LogP contribution >= 0.6 is 15.9 Å². The first-order valence-corrected chi connectivity index (χ1v) is 7.12. The molecule has 0 saturated carbocycles. The van der Waals surface area contributed by atoms with E-state index in [4.69, 9.17) is 4.74 Å². The second-order valence-electron chi connectivity index (χ2n) is 4.57. The van der Waals surface area contributed by atoms with E-state index >= 15 is 0 Å². The summed E-state index contributed by atoms with van der Waals surface area (Å²) in [4.78, 5) is 10.5. The molecule has 2 aromatic rings. The van der Waals surface area contributed by atoms with E-state index in [2.05, 4.69) is 21.2 Å². The van der Waals surface area contributed by atoms with Crippen molar-refractivity contribution in [3.8, 4) is 5.75 Å². The third-order valence-corrected chi connectivity index (χ3v) is 3.64. The fourth-order valence-corrected chi connectivity index (χ4v) is 2.35. The molecule has 0 bridgehead atoms. The number of nitrogens with zero attached hydrogens (tertiary/aromatic N) is 1. The van der Waals surface area contributed by atoms with Crippen molar-refractivity contribution in [2.45, 2.75) is 13.5 Å². The zero-order valence-electron chi connectivity index (χ0n) is 11.7. The summed E-state index contributed by atoms with van der Waals surface area (Å²) in [5.74, 6) is 0.626. The first-order valence-electron chi connectivity index (χ1n) is 6.32. The minimum atomic E-state index is -0.409. The summed E-state index contributed by atoms with van der Waals surface area (Å²) in [6.45, 7) is 2.45. The lowest BCUT2D eigenvalue weighted by Crippen LogP contribution is -2.04. The fourth-order valence-electron chi connectivity index (χ4n) is 1.99. The second-order valence-corrected chi connectivity index (χ2v) is 5.48. The fraction of sp³-hybridized carbons (Fsp3) is 0.200. The summed E-state index contributed by atoms with van der Waals surface area (Å²) in [5.41, 5.74) is 2.87. The van der Waals surface area contributed by atoms with Crippen molar-refractivity contribution in [2.24, 2.45) is 0 Å². The van der Waals surface area contributed by atoms with Crippen molar-refractivity contribution >= 4 is 27.3 Å². The van der Waals surface area contributed by atoms with Gasteiger partial charge in [-0.1, -0.05) is 22.0 Å². The Bertz CT molecular complexity index is 674. The van der Waals surface area contributed by atoms with E-state index < -0.39 is 4.92 Å². The van der Waals surface area contributed by atoms with E-state index in [1.54, 1.807) is 13.2 Å². The maximum atomic E-state index is 10.9. The average Bonchev–Trinajstić information content (AvgIpc) is 2.47. The van der Waals surface area contributed by atoms with E-state index in [0.29, 0.717) is 12.3 Å². The molecule has 0 saturated heterocycles. The number of hydrogen-bond donors (Lipinski definition) is 1. The number of halogens is 1. The molecule has 5 nitrogen and oxygen atoms in total. The normalized spacial score (nSPS) is 10.2. The molecule has 0 fully saturated rings. The molecule has 0 aliphatic rings. The summed E-state index contributed by atoms with van der Waals surface area (Å²) < 4.78 is 6.22. The zero-order chi connectivity index (χ0) is 15.4. The maximum absolute atomic E-state index is 10.9. The van der Waals surface area contributed by atoms with Crippen LogP contribution in [0.25, 0.3) is 0 Å². The Kier molecular flexibility index (Phi) is 4.80. The molecule has 0 heterocycles. The molecule has 0 spiro atoms. The molecule has 0 aliphatic carbocycles. The van der Waals surface area contributed by atoms with Crippen LogP contribution in [0.1, 0.15) is 11.1 Å². The van der Waals surface area contributed by atoms with Crippen LogP contribution in [0.5, 0.6) is 5.75 Å². The number of hydrogen-bond acceptors (Lipinski definition) is 4. The lowest BCUT2D eigenvalue weighted by Gasteiger charge is -2.12. The molecule has 110 valence electrons. The molecular weight excluding hydrogens is 336 g/mol. The summed E-state index contributed by atoms with van der Waals surface area (Å²) in [5, 5.41) is 14.1. The highest BCUT2D eigenvalue weighted by Gasteiger charge is 2.11. The zero-order valence-corrected chi connectivity index (χ0v) is 13.3. The quantitative estimate of drug-likeness (QED) is 0.645. The molecule has 0 radical (unpaired) electrons. The highest BCUT2D eigenvalue weighted by Crippen LogP contribution is 2.26. The third-order valence-electron chi connectivity index (χ3n) is 3.14. The van der Waals surface area contributed by atoms with Gasteiger partial charge in [0.15, 0.2) is 0 Å². The van der Waals surface area contributed by atoms with Gasteiger partial charge in [0.2, 0.25) is 0 Å². The number of nitro groups is 1. The molecule has 21 heavy (non-hydrogen) atoms. The Morgan fingerprint density at radius 1 is 1.29 bits per heavy atom. The molecule has 1 N–H and O–H groups in total. The molecule has 2 aromatic carbocycles. The number of nitrogens with one attached hydrogen (secondary N) is 1. The van der Waals surface area contributed by atoms with Gasteiger partial charge in [0.1, 0.15) is 5.75 Å². The van der Waals surface area contributed by atoms with E-state index in [-0.39, 0.29) is 5.69 Å². The number of methoxy groups -OCH3 is 1. The van der Waals surface area contributed by atoms with Gasteiger partial charge in [0, 0.05) is 34.4 Å². The molecule has 0 aromatic heterocycles. The summed E-state index contributed by atoms with van der Waals surface area (Å²) in [7, 11) is 1.55. The number of nitro benzene ring substituents is 1. The Morgan fingerprint density at radius 3 is 2.71 bits per heavy atom. The van der Waals surface area contributed by atoms with Crippen molar-refractivity contribution < 1.29 is 9.66 Å². The van der Waals surface area contributed by atoms with Crippen molar-refractivity contribution in [3.05, 3.63) is 62.1 Å². The topological polar surface area (TPSA) is 64.4 Å². The van der Waals surface area contributed by atoms with E-state index in [1.807, 2.05) is 25.1 Å². The number of non-ortho nitro benzene ring substituents is 1. The van der Waals surface area contributed by atoms with Crippen LogP contribution in [-0.2, 0) is 6.54 Å². The average molecular weight is 351 g/mol. The Labute approximate surface area is 131 Å². The number of aryl methyl sites for hydroxylation is 1. The standard InChI is InChI=1S/C15H15BrN2O3/c1-10-3-4-12(16)8-14(10)17-9-11-7-13(18(19)20)5-6-15(11)21-2/h3-8,17H,9H2,1-2H3. The van der Waals surface area contributed by atoms with Gasteiger partial charge in [-0.3, -0.25) is 10.1 Å². The van der Waals surface area contributed by atoms with Crippen molar-refractivity contribution in [1.82, 2.24) is 0 Å². The summed E-state index contributed by atoms with van der Waals surface area (Å²) >= 11 is 3.43. The van der Waals surface area contributed by atoms with Crippen molar-refractivity contribution in [3.63, 3.8) is 0 Å². The largest absolute Gasteiger partial charge is 0.496 e. The lowest BCUT2D eigenvalue weighted by molar-refractivity contribution is -0.384. The van der Waals surface area contributed by atoms with Gasteiger partial charge >= 0.3 is 0 Å².